The third-order valence-corrected chi connectivity index (χ3v) is 4.38. The second-order valence-corrected chi connectivity index (χ2v) is 6.19. The molecule has 2 heterocycles. The standard InChI is InChI=1S/C16H12BrNO4S/c1-20-12-4-2-10(3-5-12)15-18-11(9-23-15)8-21-16(19)13-6-7-14(17)22-13/h2-7,9H,8H2,1H3. The highest BCUT2D eigenvalue weighted by Crippen LogP contribution is 2.26. The van der Waals surface area contributed by atoms with E-state index in [1.165, 1.54) is 11.3 Å². The predicted molar refractivity (Wildman–Crippen MR) is 89.6 cm³/mol. The molecule has 0 saturated carbocycles. The van der Waals surface area contributed by atoms with Crippen molar-refractivity contribution in [2.24, 2.45) is 0 Å². The van der Waals surface area contributed by atoms with Crippen molar-refractivity contribution in [3.8, 4) is 16.3 Å². The second kappa shape index (κ2) is 6.97. The van der Waals surface area contributed by atoms with Crippen LogP contribution in [0.1, 0.15) is 16.2 Å². The van der Waals surface area contributed by atoms with E-state index in [-0.39, 0.29) is 12.4 Å². The van der Waals surface area contributed by atoms with Crippen molar-refractivity contribution in [1.29, 1.82) is 0 Å². The van der Waals surface area contributed by atoms with Gasteiger partial charge in [-0.05, 0) is 52.3 Å². The van der Waals surface area contributed by atoms with Crippen LogP contribution in [0.4, 0.5) is 0 Å². The van der Waals surface area contributed by atoms with Gasteiger partial charge >= 0.3 is 5.97 Å². The van der Waals surface area contributed by atoms with Gasteiger partial charge in [0.15, 0.2) is 4.67 Å². The molecule has 0 radical (unpaired) electrons. The normalized spacial score (nSPS) is 10.5. The molecule has 0 saturated heterocycles. The summed E-state index contributed by atoms with van der Waals surface area (Å²) >= 11 is 4.64. The molecule has 0 bridgehead atoms. The summed E-state index contributed by atoms with van der Waals surface area (Å²) in [7, 11) is 1.63. The Morgan fingerprint density at radius 2 is 2.04 bits per heavy atom. The Bertz CT molecular complexity index is 810. The van der Waals surface area contributed by atoms with Gasteiger partial charge in [-0.2, -0.15) is 0 Å². The Hall–Kier alpha value is -2.12. The first-order valence-corrected chi connectivity index (χ1v) is 8.34. The van der Waals surface area contributed by atoms with Crippen molar-refractivity contribution in [3.05, 3.63) is 57.9 Å². The van der Waals surface area contributed by atoms with Gasteiger partial charge in [0.05, 0.1) is 12.8 Å². The van der Waals surface area contributed by atoms with Crippen LogP contribution in [-0.4, -0.2) is 18.1 Å². The fourth-order valence-electron chi connectivity index (χ4n) is 1.87. The van der Waals surface area contributed by atoms with Gasteiger partial charge in [-0.1, -0.05) is 0 Å². The van der Waals surface area contributed by atoms with Crippen molar-refractivity contribution < 1.29 is 18.7 Å². The van der Waals surface area contributed by atoms with Gasteiger partial charge in [0.25, 0.3) is 0 Å². The molecular weight excluding hydrogens is 382 g/mol. The average molecular weight is 394 g/mol. The number of rotatable bonds is 5. The molecule has 0 fully saturated rings. The quantitative estimate of drug-likeness (QED) is 0.595. The van der Waals surface area contributed by atoms with Gasteiger partial charge in [-0.15, -0.1) is 11.3 Å². The number of nitrogens with zero attached hydrogens (tertiary/aromatic N) is 1. The van der Waals surface area contributed by atoms with Crippen LogP contribution < -0.4 is 4.74 Å². The summed E-state index contributed by atoms with van der Waals surface area (Å²) in [5.74, 6) is 0.432. The summed E-state index contributed by atoms with van der Waals surface area (Å²) in [6.07, 6.45) is 0. The number of ether oxygens (including phenoxy) is 2. The summed E-state index contributed by atoms with van der Waals surface area (Å²) in [4.78, 5) is 16.3. The van der Waals surface area contributed by atoms with Crippen molar-refractivity contribution >= 4 is 33.2 Å². The summed E-state index contributed by atoms with van der Waals surface area (Å²) < 4.78 is 15.9. The van der Waals surface area contributed by atoms with Gasteiger partial charge in [-0.3, -0.25) is 0 Å². The van der Waals surface area contributed by atoms with E-state index in [4.69, 9.17) is 13.9 Å². The van der Waals surface area contributed by atoms with E-state index in [2.05, 4.69) is 20.9 Å². The highest BCUT2D eigenvalue weighted by Gasteiger charge is 2.13. The van der Waals surface area contributed by atoms with Crippen LogP contribution in [-0.2, 0) is 11.3 Å². The first-order valence-electron chi connectivity index (χ1n) is 6.67. The van der Waals surface area contributed by atoms with Crippen LogP contribution in [0.15, 0.2) is 50.9 Å². The highest BCUT2D eigenvalue weighted by molar-refractivity contribution is 9.10. The molecule has 0 aliphatic rings. The Morgan fingerprint density at radius 1 is 1.26 bits per heavy atom. The maximum Gasteiger partial charge on any atom is 0.374 e. The van der Waals surface area contributed by atoms with E-state index in [0.717, 1.165) is 16.3 Å². The van der Waals surface area contributed by atoms with E-state index in [9.17, 15) is 4.79 Å². The summed E-state index contributed by atoms with van der Waals surface area (Å²) in [6.45, 7) is 0.101. The zero-order valence-corrected chi connectivity index (χ0v) is 14.5. The first-order chi connectivity index (χ1) is 11.2. The molecule has 2 aromatic heterocycles. The van der Waals surface area contributed by atoms with Gasteiger partial charge in [0, 0.05) is 10.9 Å². The van der Waals surface area contributed by atoms with Crippen LogP contribution in [0.3, 0.4) is 0 Å². The van der Waals surface area contributed by atoms with Gasteiger partial charge in [0.2, 0.25) is 5.76 Å². The lowest BCUT2D eigenvalue weighted by Gasteiger charge is -2.01. The van der Waals surface area contributed by atoms with Gasteiger partial charge in [0.1, 0.15) is 17.4 Å². The zero-order valence-electron chi connectivity index (χ0n) is 12.1. The van der Waals surface area contributed by atoms with E-state index >= 15 is 0 Å². The van der Waals surface area contributed by atoms with Crippen LogP contribution >= 0.6 is 27.3 Å². The lowest BCUT2D eigenvalue weighted by molar-refractivity contribution is 0.0430. The molecule has 1 aromatic carbocycles. The number of methoxy groups -OCH3 is 1. The van der Waals surface area contributed by atoms with E-state index in [1.807, 2.05) is 29.6 Å². The van der Waals surface area contributed by atoms with Crippen LogP contribution in [0.25, 0.3) is 10.6 Å². The number of thiazole rings is 1. The van der Waals surface area contributed by atoms with E-state index in [1.54, 1.807) is 19.2 Å². The molecular formula is C16H12BrNO4S. The lowest BCUT2D eigenvalue weighted by atomic mass is 10.2. The number of hydrogen-bond donors (Lipinski definition) is 0. The largest absolute Gasteiger partial charge is 0.497 e. The van der Waals surface area contributed by atoms with Gasteiger partial charge < -0.3 is 13.9 Å². The molecule has 118 valence electrons. The Kier molecular flexibility index (Phi) is 4.78. The van der Waals surface area contributed by atoms with Crippen LogP contribution in [0, 0.1) is 0 Å². The molecule has 0 N–H and O–H groups in total. The minimum absolute atomic E-state index is 0.101. The summed E-state index contributed by atoms with van der Waals surface area (Å²) in [5, 5.41) is 2.73. The molecule has 23 heavy (non-hydrogen) atoms. The maximum absolute atomic E-state index is 11.8. The predicted octanol–water partition coefficient (Wildman–Crippen LogP) is 4.53. The zero-order chi connectivity index (χ0) is 16.2. The molecule has 3 rings (SSSR count). The Morgan fingerprint density at radius 3 is 2.70 bits per heavy atom. The van der Waals surface area contributed by atoms with Crippen molar-refractivity contribution in [2.45, 2.75) is 6.61 Å². The molecule has 0 amide bonds. The molecule has 0 spiro atoms. The molecule has 3 aromatic rings. The maximum atomic E-state index is 11.8. The van der Waals surface area contributed by atoms with E-state index in [0.29, 0.717) is 10.4 Å². The summed E-state index contributed by atoms with van der Waals surface area (Å²) in [6, 6.07) is 10.8. The van der Waals surface area contributed by atoms with Crippen LogP contribution in [0.5, 0.6) is 5.75 Å². The number of esters is 1. The number of furan rings is 1. The number of aromatic nitrogens is 1. The van der Waals surface area contributed by atoms with E-state index < -0.39 is 5.97 Å². The molecule has 0 unspecified atom stereocenters. The highest BCUT2D eigenvalue weighted by atomic mass is 79.9. The molecule has 0 aliphatic heterocycles. The SMILES string of the molecule is COc1ccc(-c2nc(COC(=O)c3ccc(Br)o3)cs2)cc1. The number of carbonyl (C=O) groups is 1. The molecule has 0 atom stereocenters. The topological polar surface area (TPSA) is 61.6 Å². The third-order valence-electron chi connectivity index (χ3n) is 3.01. The fraction of sp³-hybridized carbons (Fsp3) is 0.125. The fourth-order valence-corrected chi connectivity index (χ4v) is 2.99. The minimum Gasteiger partial charge on any atom is -0.497 e. The monoisotopic (exact) mass is 393 g/mol. The van der Waals surface area contributed by atoms with Crippen molar-refractivity contribution in [1.82, 2.24) is 4.98 Å². The van der Waals surface area contributed by atoms with Gasteiger partial charge in [-0.25, -0.2) is 9.78 Å². The number of halogens is 1. The summed E-state index contributed by atoms with van der Waals surface area (Å²) in [5.41, 5.74) is 1.68. The minimum atomic E-state index is -0.519. The number of benzene rings is 1. The second-order valence-electron chi connectivity index (χ2n) is 4.55. The first kappa shape index (κ1) is 15.8. The Balaban J connectivity index is 1.63. The number of carbonyl (C=O) groups excluding carboxylic acids is 1. The number of hydrogen-bond acceptors (Lipinski definition) is 6. The van der Waals surface area contributed by atoms with Crippen molar-refractivity contribution in [2.75, 3.05) is 7.11 Å². The Labute approximate surface area is 145 Å². The van der Waals surface area contributed by atoms with Crippen LogP contribution in [0.2, 0.25) is 0 Å². The molecule has 0 aliphatic carbocycles. The third kappa shape index (κ3) is 3.80. The lowest BCUT2D eigenvalue weighted by Crippen LogP contribution is -2.04. The smallest absolute Gasteiger partial charge is 0.374 e. The average Bonchev–Trinajstić information content (AvgIpc) is 3.22. The molecule has 5 nitrogen and oxygen atoms in total. The van der Waals surface area contributed by atoms with Crippen molar-refractivity contribution in [3.63, 3.8) is 0 Å². The molecule has 7 heteroatoms.